The predicted molar refractivity (Wildman–Crippen MR) is 80.2 cm³/mol. The van der Waals surface area contributed by atoms with Crippen LogP contribution in [0.1, 0.15) is 0 Å². The summed E-state index contributed by atoms with van der Waals surface area (Å²) in [6, 6.07) is 2.71. The van der Waals surface area contributed by atoms with E-state index in [-0.39, 0.29) is 11.5 Å². The Hall–Kier alpha value is -2.54. The minimum Gasteiger partial charge on any atom is -0.493 e. The molecule has 3 aromatic rings. The van der Waals surface area contributed by atoms with Gasteiger partial charge in [0.05, 0.1) is 23.0 Å². The molecule has 0 fully saturated rings. The van der Waals surface area contributed by atoms with Gasteiger partial charge in [0.25, 0.3) is 0 Å². The molecule has 22 heavy (non-hydrogen) atoms. The van der Waals surface area contributed by atoms with Crippen LogP contribution < -0.4 is 14.8 Å². The standard InChI is InChI=1S/C14H11ClFN3O3/c1-17-14(20)22-9-4-8(16)12(21-2)10-7-3-6(15)5-18-13(7)19-11(9)10/h3-5H,1-2H3,(H,17,20)(H,18,19). The van der Waals surface area contributed by atoms with E-state index in [0.717, 1.165) is 6.07 Å². The summed E-state index contributed by atoms with van der Waals surface area (Å²) < 4.78 is 24.4. The highest BCUT2D eigenvalue weighted by atomic mass is 35.5. The second-order valence-electron chi connectivity index (χ2n) is 4.45. The summed E-state index contributed by atoms with van der Waals surface area (Å²) in [6.45, 7) is 0. The number of nitrogens with one attached hydrogen (secondary N) is 2. The Labute approximate surface area is 129 Å². The van der Waals surface area contributed by atoms with Crippen molar-refractivity contribution in [1.29, 1.82) is 0 Å². The average Bonchev–Trinajstić information content (AvgIpc) is 2.86. The number of aromatic nitrogens is 2. The number of H-pyrrole nitrogens is 1. The second kappa shape index (κ2) is 5.34. The number of aromatic amines is 1. The first-order valence-corrected chi connectivity index (χ1v) is 6.66. The molecule has 0 unspecified atom stereocenters. The van der Waals surface area contributed by atoms with Gasteiger partial charge < -0.3 is 19.8 Å². The molecule has 0 spiro atoms. The number of rotatable bonds is 2. The van der Waals surface area contributed by atoms with Crippen molar-refractivity contribution in [2.45, 2.75) is 0 Å². The Kier molecular flexibility index (Phi) is 3.50. The van der Waals surface area contributed by atoms with Crippen LogP contribution in [0, 0.1) is 5.82 Å². The van der Waals surface area contributed by atoms with Gasteiger partial charge in [0.15, 0.2) is 17.3 Å². The lowest BCUT2D eigenvalue weighted by molar-refractivity contribution is 0.203. The third-order valence-corrected chi connectivity index (χ3v) is 3.38. The molecule has 0 bridgehead atoms. The lowest BCUT2D eigenvalue weighted by atomic mass is 10.1. The second-order valence-corrected chi connectivity index (χ2v) is 4.89. The van der Waals surface area contributed by atoms with Gasteiger partial charge in [-0.25, -0.2) is 14.2 Å². The summed E-state index contributed by atoms with van der Waals surface area (Å²) in [6.07, 6.45) is 0.747. The van der Waals surface area contributed by atoms with Crippen LogP contribution in [0.25, 0.3) is 21.9 Å². The zero-order chi connectivity index (χ0) is 15.9. The van der Waals surface area contributed by atoms with E-state index in [0.29, 0.717) is 27.0 Å². The molecule has 0 atom stereocenters. The van der Waals surface area contributed by atoms with Gasteiger partial charge >= 0.3 is 6.09 Å². The molecule has 0 saturated heterocycles. The molecule has 0 aliphatic heterocycles. The number of hydrogen-bond donors (Lipinski definition) is 2. The molecule has 3 rings (SSSR count). The minimum absolute atomic E-state index is 0.0228. The summed E-state index contributed by atoms with van der Waals surface area (Å²) in [5.41, 5.74) is 0.872. The number of carbonyl (C=O) groups excluding carboxylic acids is 1. The van der Waals surface area contributed by atoms with Gasteiger partial charge in [-0.3, -0.25) is 0 Å². The summed E-state index contributed by atoms with van der Waals surface area (Å²) >= 11 is 5.95. The molecular weight excluding hydrogens is 313 g/mol. The summed E-state index contributed by atoms with van der Waals surface area (Å²) in [4.78, 5) is 18.5. The fourth-order valence-corrected chi connectivity index (χ4v) is 2.43. The van der Waals surface area contributed by atoms with Crippen molar-refractivity contribution < 1.29 is 18.7 Å². The number of fused-ring (bicyclic) bond motifs is 3. The summed E-state index contributed by atoms with van der Waals surface area (Å²) in [5.74, 6) is -0.605. The molecule has 0 aliphatic carbocycles. The quantitative estimate of drug-likeness (QED) is 0.759. The number of amides is 1. The third-order valence-electron chi connectivity index (χ3n) is 3.18. The van der Waals surface area contributed by atoms with Gasteiger partial charge in [0.2, 0.25) is 0 Å². The molecule has 2 N–H and O–H groups in total. The van der Waals surface area contributed by atoms with E-state index in [2.05, 4.69) is 15.3 Å². The summed E-state index contributed by atoms with van der Waals surface area (Å²) in [5, 5.41) is 3.68. The SMILES string of the molecule is CNC(=O)Oc1cc(F)c(OC)c2c1[nH]c1ncc(Cl)cc12. The Morgan fingerprint density at radius 3 is 2.91 bits per heavy atom. The maximum Gasteiger partial charge on any atom is 0.412 e. The lowest BCUT2D eigenvalue weighted by Crippen LogP contribution is -2.22. The monoisotopic (exact) mass is 323 g/mol. The predicted octanol–water partition coefficient (Wildman–Crippen LogP) is 3.24. The molecule has 8 heteroatoms. The van der Waals surface area contributed by atoms with E-state index in [1.165, 1.54) is 20.4 Å². The Bertz CT molecular complexity index is 894. The average molecular weight is 324 g/mol. The Balaban J connectivity index is 2.39. The molecular formula is C14H11ClFN3O3. The number of ether oxygens (including phenoxy) is 2. The van der Waals surface area contributed by atoms with Crippen LogP contribution in [-0.2, 0) is 0 Å². The number of methoxy groups -OCH3 is 1. The van der Waals surface area contributed by atoms with Gasteiger partial charge in [-0.1, -0.05) is 11.6 Å². The number of nitrogens with zero attached hydrogens (tertiary/aromatic N) is 1. The van der Waals surface area contributed by atoms with Crippen molar-refractivity contribution in [2.75, 3.05) is 14.2 Å². The van der Waals surface area contributed by atoms with Crippen LogP contribution in [-0.4, -0.2) is 30.2 Å². The zero-order valence-electron chi connectivity index (χ0n) is 11.7. The first kappa shape index (κ1) is 14.4. The molecule has 0 saturated carbocycles. The zero-order valence-corrected chi connectivity index (χ0v) is 12.4. The van der Waals surface area contributed by atoms with E-state index in [1.54, 1.807) is 6.07 Å². The van der Waals surface area contributed by atoms with Gasteiger partial charge in [-0.2, -0.15) is 0 Å². The maximum atomic E-state index is 14.2. The topological polar surface area (TPSA) is 76.2 Å². The lowest BCUT2D eigenvalue weighted by Gasteiger charge is -2.09. The molecule has 2 heterocycles. The van der Waals surface area contributed by atoms with Crippen molar-refractivity contribution in [3.8, 4) is 11.5 Å². The molecule has 6 nitrogen and oxygen atoms in total. The van der Waals surface area contributed by atoms with Crippen LogP contribution in [0.4, 0.5) is 9.18 Å². The number of pyridine rings is 1. The van der Waals surface area contributed by atoms with Crippen LogP contribution in [0.3, 0.4) is 0 Å². The smallest absolute Gasteiger partial charge is 0.412 e. The number of carbonyl (C=O) groups is 1. The fourth-order valence-electron chi connectivity index (χ4n) is 2.27. The molecule has 114 valence electrons. The van der Waals surface area contributed by atoms with Gasteiger partial charge in [0, 0.05) is 24.7 Å². The van der Waals surface area contributed by atoms with Gasteiger partial charge in [-0.05, 0) is 6.07 Å². The van der Waals surface area contributed by atoms with Crippen molar-refractivity contribution in [1.82, 2.24) is 15.3 Å². The number of benzene rings is 1. The van der Waals surface area contributed by atoms with E-state index >= 15 is 0 Å². The van der Waals surface area contributed by atoms with Crippen molar-refractivity contribution in [3.63, 3.8) is 0 Å². The van der Waals surface area contributed by atoms with Gasteiger partial charge in [-0.15, -0.1) is 0 Å². The molecule has 1 amide bonds. The van der Waals surface area contributed by atoms with Crippen LogP contribution >= 0.6 is 11.6 Å². The third kappa shape index (κ3) is 2.19. The number of hydrogen-bond acceptors (Lipinski definition) is 4. The Morgan fingerprint density at radius 1 is 1.45 bits per heavy atom. The summed E-state index contributed by atoms with van der Waals surface area (Å²) in [7, 11) is 2.76. The first-order valence-electron chi connectivity index (χ1n) is 6.28. The highest BCUT2D eigenvalue weighted by Crippen LogP contribution is 2.40. The van der Waals surface area contributed by atoms with Crippen LogP contribution in [0.15, 0.2) is 18.3 Å². The molecule has 1 aromatic carbocycles. The highest BCUT2D eigenvalue weighted by molar-refractivity contribution is 6.31. The van der Waals surface area contributed by atoms with E-state index in [9.17, 15) is 9.18 Å². The highest BCUT2D eigenvalue weighted by Gasteiger charge is 2.20. The molecule has 2 aromatic heterocycles. The Morgan fingerprint density at radius 2 is 2.23 bits per heavy atom. The first-order chi connectivity index (χ1) is 10.5. The van der Waals surface area contributed by atoms with Crippen molar-refractivity contribution in [3.05, 3.63) is 29.2 Å². The minimum atomic E-state index is -0.712. The largest absolute Gasteiger partial charge is 0.493 e. The van der Waals surface area contributed by atoms with Crippen molar-refractivity contribution in [2.24, 2.45) is 0 Å². The molecule has 0 aliphatic rings. The molecule has 0 radical (unpaired) electrons. The van der Waals surface area contributed by atoms with Crippen LogP contribution in [0.5, 0.6) is 11.5 Å². The maximum absolute atomic E-state index is 14.2. The normalized spacial score (nSPS) is 10.9. The van der Waals surface area contributed by atoms with E-state index < -0.39 is 11.9 Å². The fraction of sp³-hybridized carbons (Fsp3) is 0.143. The van der Waals surface area contributed by atoms with Crippen LogP contribution in [0.2, 0.25) is 5.02 Å². The van der Waals surface area contributed by atoms with E-state index in [1.807, 2.05) is 0 Å². The van der Waals surface area contributed by atoms with Crippen molar-refractivity contribution >= 4 is 39.6 Å². The number of halogens is 2. The van der Waals surface area contributed by atoms with Gasteiger partial charge in [0.1, 0.15) is 5.65 Å². The van der Waals surface area contributed by atoms with E-state index in [4.69, 9.17) is 21.1 Å².